The summed E-state index contributed by atoms with van der Waals surface area (Å²) in [5.41, 5.74) is 3.40. The number of carbonyl (C=O) groups is 1. The van der Waals surface area contributed by atoms with Crippen LogP contribution in [0.3, 0.4) is 0 Å². The minimum Gasteiger partial charge on any atom is -0.481 e. The number of benzene rings is 1. The summed E-state index contributed by atoms with van der Waals surface area (Å²) in [6, 6.07) is 8.39. The summed E-state index contributed by atoms with van der Waals surface area (Å²) < 4.78 is 1.95. The number of fused-ring (bicyclic) bond motifs is 1. The number of carboxylic acid groups (broad SMARTS) is 1. The Bertz CT molecular complexity index is 774. The van der Waals surface area contributed by atoms with Crippen LogP contribution in [0.1, 0.15) is 24.7 Å². The molecule has 0 atom stereocenters. The van der Waals surface area contributed by atoms with Gasteiger partial charge in [0.25, 0.3) is 0 Å². The molecule has 0 saturated heterocycles. The lowest BCUT2D eigenvalue weighted by Crippen LogP contribution is -2.02. The van der Waals surface area contributed by atoms with Gasteiger partial charge in [0.05, 0.1) is 12.1 Å². The van der Waals surface area contributed by atoms with E-state index in [2.05, 4.69) is 41.4 Å². The molecule has 2 heterocycles. The van der Waals surface area contributed by atoms with E-state index in [9.17, 15) is 4.79 Å². The van der Waals surface area contributed by atoms with Crippen molar-refractivity contribution in [1.82, 2.24) is 14.6 Å². The first kappa shape index (κ1) is 13.8. The normalized spacial score (nSPS) is 11.1. The highest BCUT2D eigenvalue weighted by Crippen LogP contribution is 2.27. The van der Waals surface area contributed by atoms with Crippen molar-refractivity contribution in [2.75, 3.05) is 0 Å². The van der Waals surface area contributed by atoms with Crippen LogP contribution in [0.25, 0.3) is 16.2 Å². The second-order valence-corrected chi connectivity index (χ2v) is 5.64. The molecule has 108 valence electrons. The summed E-state index contributed by atoms with van der Waals surface area (Å²) in [6.07, 6.45) is 1.45. The summed E-state index contributed by atoms with van der Waals surface area (Å²) in [6.45, 7) is 2.13. The third kappa shape index (κ3) is 2.67. The Morgan fingerprint density at radius 2 is 2.05 bits per heavy atom. The molecule has 1 N–H and O–H groups in total. The first-order valence-electron chi connectivity index (χ1n) is 6.81. The Labute approximate surface area is 125 Å². The maximum atomic E-state index is 10.7. The van der Waals surface area contributed by atoms with Crippen LogP contribution < -0.4 is 0 Å². The van der Waals surface area contributed by atoms with E-state index in [-0.39, 0.29) is 6.42 Å². The van der Waals surface area contributed by atoms with E-state index < -0.39 is 5.97 Å². The lowest BCUT2D eigenvalue weighted by atomic mass is 10.1. The average Bonchev–Trinajstić information content (AvgIpc) is 3.07. The monoisotopic (exact) mass is 301 g/mol. The number of nitrogens with zero attached hydrogens (tertiary/aromatic N) is 3. The molecule has 3 aromatic rings. The molecule has 0 unspecified atom stereocenters. The Balaban J connectivity index is 2.01. The minimum atomic E-state index is -0.823. The third-order valence-electron chi connectivity index (χ3n) is 3.44. The molecule has 0 spiro atoms. The van der Waals surface area contributed by atoms with Gasteiger partial charge >= 0.3 is 5.97 Å². The van der Waals surface area contributed by atoms with Gasteiger partial charge in [-0.1, -0.05) is 31.2 Å². The number of carboxylic acids is 1. The van der Waals surface area contributed by atoms with Crippen molar-refractivity contribution in [3.05, 3.63) is 41.0 Å². The fourth-order valence-electron chi connectivity index (χ4n) is 2.27. The van der Waals surface area contributed by atoms with Crippen molar-refractivity contribution in [2.24, 2.45) is 0 Å². The number of aliphatic carboxylic acids is 1. The second-order valence-electron chi connectivity index (χ2n) is 4.80. The van der Waals surface area contributed by atoms with Crippen LogP contribution in [0.4, 0.5) is 0 Å². The molecule has 0 aliphatic heterocycles. The predicted octanol–water partition coefficient (Wildman–Crippen LogP) is 3.04. The van der Waals surface area contributed by atoms with Gasteiger partial charge in [-0.05, 0) is 17.5 Å². The lowest BCUT2D eigenvalue weighted by molar-refractivity contribution is -0.137. The van der Waals surface area contributed by atoms with Crippen molar-refractivity contribution in [3.63, 3.8) is 0 Å². The molecule has 1 aromatic carbocycles. The zero-order chi connectivity index (χ0) is 14.8. The van der Waals surface area contributed by atoms with E-state index in [4.69, 9.17) is 5.11 Å². The molecule has 3 rings (SSSR count). The number of hydrogen-bond donors (Lipinski definition) is 1. The highest BCUT2D eigenvalue weighted by molar-refractivity contribution is 7.15. The molecular weight excluding hydrogens is 286 g/mol. The van der Waals surface area contributed by atoms with E-state index in [1.165, 1.54) is 16.9 Å². The predicted molar refractivity (Wildman–Crippen MR) is 81.6 cm³/mol. The van der Waals surface area contributed by atoms with Crippen LogP contribution in [0, 0.1) is 0 Å². The van der Waals surface area contributed by atoms with Crippen LogP contribution in [-0.2, 0) is 17.6 Å². The van der Waals surface area contributed by atoms with Crippen LogP contribution in [0.2, 0.25) is 0 Å². The molecular formula is C15H15N3O2S. The van der Waals surface area contributed by atoms with Crippen molar-refractivity contribution in [1.29, 1.82) is 0 Å². The third-order valence-corrected chi connectivity index (χ3v) is 4.25. The highest BCUT2D eigenvalue weighted by Gasteiger charge is 2.14. The molecule has 21 heavy (non-hydrogen) atoms. The standard InChI is InChI=1S/C15H15N3O2S/c1-2-10-3-5-11(6-4-10)12-9-21-15-17-16-13(18(12)15)7-8-14(19)20/h3-6,9H,2,7-8H2,1H3,(H,19,20). The first-order chi connectivity index (χ1) is 10.2. The molecule has 2 aromatic heterocycles. The largest absolute Gasteiger partial charge is 0.481 e. The molecule has 6 heteroatoms. The Kier molecular flexibility index (Phi) is 3.70. The number of thiazole rings is 1. The van der Waals surface area contributed by atoms with E-state index in [1.54, 1.807) is 0 Å². The van der Waals surface area contributed by atoms with Crippen LogP contribution >= 0.6 is 11.3 Å². The fourth-order valence-corrected chi connectivity index (χ4v) is 3.12. The second kappa shape index (κ2) is 5.65. The Morgan fingerprint density at radius 3 is 2.71 bits per heavy atom. The quantitative estimate of drug-likeness (QED) is 0.786. The molecule has 0 aliphatic rings. The maximum Gasteiger partial charge on any atom is 0.303 e. The Hall–Kier alpha value is -2.21. The topological polar surface area (TPSA) is 67.5 Å². The molecule has 0 aliphatic carbocycles. The van der Waals surface area contributed by atoms with Gasteiger partial charge in [0.1, 0.15) is 5.82 Å². The molecule has 5 nitrogen and oxygen atoms in total. The zero-order valence-corrected chi connectivity index (χ0v) is 12.4. The van der Waals surface area contributed by atoms with Gasteiger partial charge in [-0.15, -0.1) is 21.5 Å². The number of aryl methyl sites for hydroxylation is 2. The summed E-state index contributed by atoms with van der Waals surface area (Å²) in [5, 5.41) is 19.1. The number of hydrogen-bond acceptors (Lipinski definition) is 4. The first-order valence-corrected chi connectivity index (χ1v) is 7.69. The average molecular weight is 301 g/mol. The smallest absolute Gasteiger partial charge is 0.303 e. The SMILES string of the molecule is CCc1ccc(-c2csc3nnc(CCC(=O)O)n23)cc1. The Morgan fingerprint density at radius 1 is 1.29 bits per heavy atom. The van der Waals surface area contributed by atoms with E-state index in [1.807, 2.05) is 9.78 Å². The van der Waals surface area contributed by atoms with Gasteiger partial charge in [-0.25, -0.2) is 0 Å². The van der Waals surface area contributed by atoms with Crippen LogP contribution in [0.15, 0.2) is 29.6 Å². The molecule has 0 bridgehead atoms. The van der Waals surface area contributed by atoms with Gasteiger partial charge in [0, 0.05) is 11.8 Å². The van der Waals surface area contributed by atoms with Crippen LogP contribution in [0.5, 0.6) is 0 Å². The van der Waals surface area contributed by atoms with E-state index in [0.717, 1.165) is 22.6 Å². The van der Waals surface area contributed by atoms with Crippen LogP contribution in [-0.4, -0.2) is 25.7 Å². The summed E-state index contributed by atoms with van der Waals surface area (Å²) >= 11 is 1.52. The van der Waals surface area contributed by atoms with Crippen molar-refractivity contribution < 1.29 is 9.90 Å². The molecule has 0 fully saturated rings. The molecule has 0 saturated carbocycles. The fraction of sp³-hybridized carbons (Fsp3) is 0.267. The van der Waals surface area contributed by atoms with Crippen molar-refractivity contribution in [3.8, 4) is 11.3 Å². The summed E-state index contributed by atoms with van der Waals surface area (Å²) in [7, 11) is 0. The summed E-state index contributed by atoms with van der Waals surface area (Å²) in [4.78, 5) is 11.5. The van der Waals surface area contributed by atoms with Crippen molar-refractivity contribution in [2.45, 2.75) is 26.2 Å². The minimum absolute atomic E-state index is 0.0604. The van der Waals surface area contributed by atoms with Gasteiger partial charge in [-0.2, -0.15) is 0 Å². The number of aromatic nitrogens is 3. The van der Waals surface area contributed by atoms with Gasteiger partial charge in [0.15, 0.2) is 0 Å². The lowest BCUT2D eigenvalue weighted by Gasteiger charge is -2.04. The maximum absolute atomic E-state index is 10.7. The van der Waals surface area contributed by atoms with Crippen molar-refractivity contribution >= 4 is 22.3 Å². The van der Waals surface area contributed by atoms with Gasteiger partial charge in [-0.3, -0.25) is 9.20 Å². The van der Waals surface area contributed by atoms with Gasteiger partial charge < -0.3 is 5.11 Å². The van der Waals surface area contributed by atoms with Gasteiger partial charge in [0.2, 0.25) is 4.96 Å². The number of rotatable bonds is 5. The highest BCUT2D eigenvalue weighted by atomic mass is 32.1. The summed E-state index contributed by atoms with van der Waals surface area (Å²) in [5.74, 6) is -0.126. The molecule has 0 amide bonds. The van der Waals surface area contributed by atoms with E-state index in [0.29, 0.717) is 12.2 Å². The zero-order valence-electron chi connectivity index (χ0n) is 11.6. The molecule has 0 radical (unpaired) electrons. The van der Waals surface area contributed by atoms with E-state index >= 15 is 0 Å².